The first-order valence-electron chi connectivity index (χ1n) is 8.39. The maximum Gasteiger partial charge on any atom is 0.229 e. The number of benzene rings is 1. The number of nitrogens with one attached hydrogen (secondary N) is 2. The van der Waals surface area contributed by atoms with Gasteiger partial charge in [0.15, 0.2) is 0 Å². The summed E-state index contributed by atoms with van der Waals surface area (Å²) in [4.78, 5) is 12.1. The van der Waals surface area contributed by atoms with Crippen molar-refractivity contribution in [2.24, 2.45) is 0 Å². The third-order valence-corrected chi connectivity index (χ3v) is 4.32. The molecule has 1 amide bonds. The van der Waals surface area contributed by atoms with Crippen LogP contribution in [-0.4, -0.2) is 30.3 Å². The molecule has 2 heterocycles. The summed E-state index contributed by atoms with van der Waals surface area (Å²) < 4.78 is 24.7. The van der Waals surface area contributed by atoms with E-state index in [2.05, 4.69) is 15.8 Å². The molecular weight excluding hydrogens is 325 g/mol. The first-order valence-corrected chi connectivity index (χ1v) is 8.39. The number of anilines is 2. The summed E-state index contributed by atoms with van der Waals surface area (Å²) in [6.07, 6.45) is 2.31. The molecule has 0 aliphatic carbocycles. The van der Waals surface area contributed by atoms with E-state index in [1.807, 2.05) is 0 Å². The van der Waals surface area contributed by atoms with Gasteiger partial charge in [0.05, 0.1) is 23.9 Å². The minimum Gasteiger partial charge on any atom is -0.380 e. The second-order valence-corrected chi connectivity index (χ2v) is 6.24. The number of carbonyl (C=O) groups is 1. The molecule has 1 aliphatic heterocycles. The van der Waals surface area contributed by atoms with Gasteiger partial charge in [-0.15, -0.1) is 0 Å². The van der Waals surface area contributed by atoms with Crippen molar-refractivity contribution in [1.29, 1.82) is 0 Å². The van der Waals surface area contributed by atoms with Crippen LogP contribution in [0.1, 0.15) is 29.9 Å². The van der Waals surface area contributed by atoms with E-state index in [9.17, 15) is 9.18 Å². The van der Waals surface area contributed by atoms with Crippen LogP contribution in [0.4, 0.5) is 15.8 Å². The van der Waals surface area contributed by atoms with Crippen LogP contribution in [-0.2, 0) is 16.0 Å². The Morgan fingerprint density at radius 2 is 2.24 bits per heavy atom. The summed E-state index contributed by atoms with van der Waals surface area (Å²) in [5.74, 6) is -0.0329. The summed E-state index contributed by atoms with van der Waals surface area (Å²) in [5.41, 5.74) is 2.26. The molecule has 3 rings (SSSR count). The zero-order valence-corrected chi connectivity index (χ0v) is 14.4. The number of carbonyl (C=O) groups excluding carboxylic acids is 1. The topological polar surface area (TPSA) is 76.4 Å². The quantitative estimate of drug-likeness (QED) is 0.839. The third-order valence-electron chi connectivity index (χ3n) is 4.32. The van der Waals surface area contributed by atoms with Crippen LogP contribution in [0.5, 0.6) is 0 Å². The van der Waals surface area contributed by atoms with Crippen LogP contribution in [0, 0.1) is 19.7 Å². The number of aromatic nitrogens is 1. The lowest BCUT2D eigenvalue weighted by Crippen LogP contribution is -2.19. The highest BCUT2D eigenvalue weighted by molar-refractivity contribution is 5.92. The number of rotatable bonds is 6. The number of aryl methyl sites for hydroxylation is 2. The second-order valence-electron chi connectivity index (χ2n) is 6.24. The van der Waals surface area contributed by atoms with E-state index >= 15 is 0 Å². The fraction of sp³-hybridized carbons (Fsp3) is 0.444. The van der Waals surface area contributed by atoms with Crippen molar-refractivity contribution in [3.8, 4) is 0 Å². The Hall–Kier alpha value is -2.41. The SMILES string of the molecule is Cc1noc(C)c1CC(=O)Nc1ccc(NC[C@@H]2CCCO2)c(F)c1. The molecule has 134 valence electrons. The molecule has 2 aromatic rings. The van der Waals surface area contributed by atoms with Crippen molar-refractivity contribution in [1.82, 2.24) is 5.16 Å². The summed E-state index contributed by atoms with van der Waals surface area (Å²) in [5, 5.41) is 9.57. The van der Waals surface area contributed by atoms with E-state index in [-0.39, 0.29) is 18.4 Å². The predicted molar refractivity (Wildman–Crippen MR) is 92.2 cm³/mol. The number of amides is 1. The Balaban J connectivity index is 1.57. The van der Waals surface area contributed by atoms with E-state index in [0.29, 0.717) is 29.4 Å². The van der Waals surface area contributed by atoms with Gasteiger partial charge in [0, 0.05) is 24.4 Å². The molecular formula is C18H22FN3O3. The monoisotopic (exact) mass is 347 g/mol. The lowest BCUT2D eigenvalue weighted by atomic mass is 10.1. The number of halogens is 1. The molecule has 0 spiro atoms. The Bertz CT molecular complexity index is 735. The zero-order valence-electron chi connectivity index (χ0n) is 14.4. The molecule has 1 saturated heterocycles. The van der Waals surface area contributed by atoms with Crippen molar-refractivity contribution < 1.29 is 18.4 Å². The van der Waals surface area contributed by atoms with Gasteiger partial charge in [-0.1, -0.05) is 5.16 Å². The average molecular weight is 347 g/mol. The fourth-order valence-electron chi connectivity index (χ4n) is 2.89. The largest absolute Gasteiger partial charge is 0.380 e. The van der Waals surface area contributed by atoms with Crippen LogP contribution >= 0.6 is 0 Å². The molecule has 1 aromatic heterocycles. The van der Waals surface area contributed by atoms with Gasteiger partial charge < -0.3 is 19.9 Å². The number of ether oxygens (including phenoxy) is 1. The highest BCUT2D eigenvalue weighted by atomic mass is 19.1. The van der Waals surface area contributed by atoms with Gasteiger partial charge in [0.2, 0.25) is 5.91 Å². The third kappa shape index (κ3) is 4.36. The van der Waals surface area contributed by atoms with Crippen LogP contribution in [0.25, 0.3) is 0 Å². The molecule has 0 bridgehead atoms. The van der Waals surface area contributed by atoms with Gasteiger partial charge in [0.1, 0.15) is 11.6 Å². The Morgan fingerprint density at radius 1 is 1.40 bits per heavy atom. The molecule has 1 fully saturated rings. The van der Waals surface area contributed by atoms with E-state index in [4.69, 9.17) is 9.26 Å². The van der Waals surface area contributed by atoms with E-state index in [1.165, 1.54) is 6.07 Å². The minimum atomic E-state index is -0.409. The van der Waals surface area contributed by atoms with Gasteiger partial charge in [0.25, 0.3) is 0 Å². The molecule has 0 saturated carbocycles. The van der Waals surface area contributed by atoms with E-state index < -0.39 is 5.82 Å². The molecule has 6 nitrogen and oxygen atoms in total. The fourth-order valence-corrected chi connectivity index (χ4v) is 2.89. The predicted octanol–water partition coefficient (Wildman–Crippen LogP) is 3.20. The van der Waals surface area contributed by atoms with Crippen LogP contribution in [0.15, 0.2) is 22.7 Å². The Kier molecular flexibility index (Phi) is 5.33. The number of nitrogens with zero attached hydrogens (tertiary/aromatic N) is 1. The lowest BCUT2D eigenvalue weighted by Gasteiger charge is -2.13. The smallest absolute Gasteiger partial charge is 0.229 e. The van der Waals surface area contributed by atoms with Crippen molar-refractivity contribution in [2.45, 2.75) is 39.2 Å². The summed E-state index contributed by atoms with van der Waals surface area (Å²) in [7, 11) is 0. The lowest BCUT2D eigenvalue weighted by molar-refractivity contribution is -0.115. The highest BCUT2D eigenvalue weighted by Gasteiger charge is 2.16. The molecule has 1 aromatic carbocycles. The minimum absolute atomic E-state index is 0.133. The number of hydrogen-bond acceptors (Lipinski definition) is 5. The maximum atomic E-state index is 14.2. The van der Waals surface area contributed by atoms with Crippen molar-refractivity contribution in [3.05, 3.63) is 41.0 Å². The summed E-state index contributed by atoms with van der Waals surface area (Å²) >= 11 is 0. The number of hydrogen-bond donors (Lipinski definition) is 2. The summed E-state index contributed by atoms with van der Waals surface area (Å²) in [6.45, 7) is 4.89. The van der Waals surface area contributed by atoms with Crippen molar-refractivity contribution >= 4 is 17.3 Å². The standard InChI is InChI=1S/C18H22FN3O3/c1-11-15(12(2)25-22-11)9-18(23)21-13-5-6-17(16(19)8-13)20-10-14-4-3-7-24-14/h5-6,8,14,20H,3-4,7,9-10H2,1-2H3,(H,21,23)/t14-/m0/s1. The van der Waals surface area contributed by atoms with Gasteiger partial charge in [-0.25, -0.2) is 4.39 Å². The maximum absolute atomic E-state index is 14.2. The molecule has 25 heavy (non-hydrogen) atoms. The molecule has 0 radical (unpaired) electrons. The molecule has 1 atom stereocenters. The van der Waals surface area contributed by atoms with Crippen LogP contribution in [0.2, 0.25) is 0 Å². The van der Waals surface area contributed by atoms with Crippen LogP contribution in [0.3, 0.4) is 0 Å². The van der Waals surface area contributed by atoms with Crippen LogP contribution < -0.4 is 10.6 Å². The van der Waals surface area contributed by atoms with Gasteiger partial charge >= 0.3 is 0 Å². The van der Waals surface area contributed by atoms with Gasteiger partial charge in [-0.3, -0.25) is 4.79 Å². The van der Waals surface area contributed by atoms with Gasteiger partial charge in [-0.05, 0) is 44.9 Å². The highest BCUT2D eigenvalue weighted by Crippen LogP contribution is 2.21. The Morgan fingerprint density at radius 3 is 2.88 bits per heavy atom. The summed E-state index contributed by atoms with van der Waals surface area (Å²) in [6, 6.07) is 4.60. The average Bonchev–Trinajstić information content (AvgIpc) is 3.19. The van der Waals surface area contributed by atoms with Crippen molar-refractivity contribution in [2.75, 3.05) is 23.8 Å². The van der Waals surface area contributed by atoms with Gasteiger partial charge in [-0.2, -0.15) is 0 Å². The first kappa shape index (κ1) is 17.4. The van der Waals surface area contributed by atoms with Crippen molar-refractivity contribution in [3.63, 3.8) is 0 Å². The normalized spacial score (nSPS) is 16.8. The molecule has 0 unspecified atom stereocenters. The Labute approximate surface area is 145 Å². The molecule has 2 N–H and O–H groups in total. The molecule has 1 aliphatic rings. The second kappa shape index (κ2) is 7.65. The zero-order chi connectivity index (χ0) is 17.8. The van der Waals surface area contributed by atoms with E-state index in [1.54, 1.807) is 26.0 Å². The van der Waals surface area contributed by atoms with E-state index in [0.717, 1.165) is 25.0 Å². The molecule has 7 heteroatoms. The first-order chi connectivity index (χ1) is 12.0.